The normalized spacial score (nSPS) is 28.2. The maximum atomic E-state index is 13.1. The first kappa shape index (κ1) is 19.7. The van der Waals surface area contributed by atoms with Gasteiger partial charge >= 0.3 is 6.18 Å². The first-order valence-electron chi connectivity index (χ1n) is 9.56. The van der Waals surface area contributed by atoms with Gasteiger partial charge in [-0.15, -0.1) is 0 Å². The number of carbonyl (C=O) groups excluding carboxylic acids is 2. The SMILES string of the molecule is CCCC1CC(=O)NC2CC(NC(=O)c3ccccc3C(F)(F)F)CCC12. The van der Waals surface area contributed by atoms with Crippen molar-refractivity contribution in [2.24, 2.45) is 11.8 Å². The number of carbonyl (C=O) groups is 2. The van der Waals surface area contributed by atoms with E-state index in [1.807, 2.05) is 0 Å². The van der Waals surface area contributed by atoms with E-state index in [2.05, 4.69) is 17.6 Å². The Morgan fingerprint density at radius 2 is 2.00 bits per heavy atom. The summed E-state index contributed by atoms with van der Waals surface area (Å²) >= 11 is 0. The standard InChI is InChI=1S/C20H25F3N2O2/c1-2-5-12-10-18(26)25-17-11-13(8-9-14(12)17)24-19(27)15-6-3-4-7-16(15)20(21,22)23/h3-4,6-7,12-14,17H,2,5,8-11H2,1H3,(H,24,27)(H,25,26). The Hall–Kier alpha value is -2.05. The number of amides is 2. The molecule has 1 aliphatic heterocycles. The van der Waals surface area contributed by atoms with Gasteiger partial charge < -0.3 is 10.6 Å². The van der Waals surface area contributed by atoms with E-state index in [-0.39, 0.29) is 23.6 Å². The van der Waals surface area contributed by atoms with Gasteiger partial charge in [0, 0.05) is 18.5 Å². The summed E-state index contributed by atoms with van der Waals surface area (Å²) in [5.74, 6) is 0.0670. The second-order valence-corrected chi connectivity index (χ2v) is 7.62. The number of nitrogens with one attached hydrogen (secondary N) is 2. The number of halogens is 3. The van der Waals surface area contributed by atoms with E-state index >= 15 is 0 Å². The molecule has 1 aliphatic carbocycles. The smallest absolute Gasteiger partial charge is 0.353 e. The van der Waals surface area contributed by atoms with Crippen LogP contribution in [0.4, 0.5) is 13.2 Å². The zero-order chi connectivity index (χ0) is 19.6. The van der Waals surface area contributed by atoms with Gasteiger partial charge in [-0.2, -0.15) is 13.2 Å². The highest BCUT2D eigenvalue weighted by atomic mass is 19.4. The molecule has 1 saturated heterocycles. The molecule has 2 fully saturated rings. The Balaban J connectivity index is 1.68. The van der Waals surface area contributed by atoms with Crippen molar-refractivity contribution in [3.8, 4) is 0 Å². The minimum Gasteiger partial charge on any atom is -0.353 e. The van der Waals surface area contributed by atoms with Crippen LogP contribution >= 0.6 is 0 Å². The fourth-order valence-electron chi connectivity index (χ4n) is 4.59. The van der Waals surface area contributed by atoms with Crippen LogP contribution in [-0.2, 0) is 11.0 Å². The third-order valence-corrected chi connectivity index (χ3v) is 5.77. The third kappa shape index (κ3) is 4.45. The summed E-state index contributed by atoms with van der Waals surface area (Å²) in [7, 11) is 0. The molecule has 2 amide bonds. The molecular formula is C20H25F3N2O2. The highest BCUT2D eigenvalue weighted by Gasteiger charge is 2.41. The molecule has 4 unspecified atom stereocenters. The summed E-state index contributed by atoms with van der Waals surface area (Å²) < 4.78 is 39.4. The summed E-state index contributed by atoms with van der Waals surface area (Å²) in [5.41, 5.74) is -1.28. The lowest BCUT2D eigenvalue weighted by atomic mass is 9.70. The molecule has 148 valence electrons. The van der Waals surface area contributed by atoms with Gasteiger partial charge in [-0.25, -0.2) is 0 Å². The first-order chi connectivity index (χ1) is 12.8. The van der Waals surface area contributed by atoms with Gasteiger partial charge in [-0.1, -0.05) is 25.5 Å². The van der Waals surface area contributed by atoms with Gasteiger partial charge in [0.15, 0.2) is 0 Å². The molecule has 2 N–H and O–H groups in total. The van der Waals surface area contributed by atoms with E-state index in [4.69, 9.17) is 0 Å². The van der Waals surface area contributed by atoms with E-state index in [1.165, 1.54) is 18.2 Å². The molecule has 1 heterocycles. The van der Waals surface area contributed by atoms with Crippen molar-refractivity contribution in [3.05, 3.63) is 35.4 Å². The molecule has 0 bridgehead atoms. The van der Waals surface area contributed by atoms with Crippen LogP contribution in [-0.4, -0.2) is 23.9 Å². The number of hydrogen-bond donors (Lipinski definition) is 2. The topological polar surface area (TPSA) is 58.2 Å². The molecule has 0 spiro atoms. The van der Waals surface area contributed by atoms with Crippen LogP contribution in [0.25, 0.3) is 0 Å². The fraction of sp³-hybridized carbons (Fsp3) is 0.600. The van der Waals surface area contributed by atoms with Crippen molar-refractivity contribution in [1.29, 1.82) is 0 Å². The number of rotatable bonds is 4. The third-order valence-electron chi connectivity index (χ3n) is 5.77. The lowest BCUT2D eigenvalue weighted by molar-refractivity contribution is -0.138. The van der Waals surface area contributed by atoms with Gasteiger partial charge in [0.05, 0.1) is 11.1 Å². The van der Waals surface area contributed by atoms with Crippen LogP contribution in [0.1, 0.15) is 61.4 Å². The van der Waals surface area contributed by atoms with Crippen LogP contribution in [0.5, 0.6) is 0 Å². The minimum atomic E-state index is -4.57. The quantitative estimate of drug-likeness (QED) is 0.830. The van der Waals surface area contributed by atoms with Crippen molar-refractivity contribution in [2.75, 3.05) is 0 Å². The van der Waals surface area contributed by atoms with Crippen molar-refractivity contribution in [2.45, 2.75) is 63.7 Å². The van der Waals surface area contributed by atoms with Crippen molar-refractivity contribution >= 4 is 11.8 Å². The molecule has 0 radical (unpaired) electrons. The Bertz CT molecular complexity index is 705. The lowest BCUT2D eigenvalue weighted by Crippen LogP contribution is -2.55. The summed E-state index contributed by atoms with van der Waals surface area (Å²) in [6.45, 7) is 2.10. The van der Waals surface area contributed by atoms with E-state index < -0.39 is 17.6 Å². The Labute approximate surface area is 156 Å². The average Bonchev–Trinajstić information content (AvgIpc) is 2.61. The van der Waals surface area contributed by atoms with E-state index in [0.29, 0.717) is 24.7 Å². The van der Waals surface area contributed by atoms with Gasteiger partial charge in [0.1, 0.15) is 0 Å². The van der Waals surface area contributed by atoms with Gasteiger partial charge in [-0.3, -0.25) is 9.59 Å². The maximum Gasteiger partial charge on any atom is 0.417 e. The highest BCUT2D eigenvalue weighted by molar-refractivity contribution is 5.96. The monoisotopic (exact) mass is 382 g/mol. The van der Waals surface area contributed by atoms with Crippen LogP contribution in [0.3, 0.4) is 0 Å². The molecule has 7 heteroatoms. The summed E-state index contributed by atoms with van der Waals surface area (Å²) in [6.07, 6.45) is 0.149. The van der Waals surface area contributed by atoms with E-state index in [1.54, 1.807) is 0 Å². The molecule has 0 aromatic heterocycles. The number of piperidine rings is 1. The second-order valence-electron chi connectivity index (χ2n) is 7.62. The molecule has 1 saturated carbocycles. The predicted molar refractivity (Wildman–Crippen MR) is 95.0 cm³/mol. The summed E-state index contributed by atoms with van der Waals surface area (Å²) in [5, 5.41) is 5.77. The van der Waals surface area contributed by atoms with Crippen molar-refractivity contribution < 1.29 is 22.8 Å². The van der Waals surface area contributed by atoms with E-state index in [9.17, 15) is 22.8 Å². The molecule has 2 aliphatic rings. The van der Waals surface area contributed by atoms with Crippen molar-refractivity contribution in [1.82, 2.24) is 10.6 Å². The average molecular weight is 382 g/mol. The molecule has 1 aromatic carbocycles. The molecule has 1 aromatic rings. The summed E-state index contributed by atoms with van der Waals surface area (Å²) in [4.78, 5) is 24.5. The lowest BCUT2D eigenvalue weighted by Gasteiger charge is -2.44. The number of alkyl halides is 3. The second kappa shape index (κ2) is 7.90. The first-order valence-corrected chi connectivity index (χ1v) is 9.56. The minimum absolute atomic E-state index is 0.0142. The van der Waals surface area contributed by atoms with Gasteiger partial charge in [0.25, 0.3) is 5.91 Å². The zero-order valence-electron chi connectivity index (χ0n) is 15.3. The number of fused-ring (bicyclic) bond motifs is 1. The molecule has 27 heavy (non-hydrogen) atoms. The zero-order valence-corrected chi connectivity index (χ0v) is 15.3. The Morgan fingerprint density at radius 1 is 1.26 bits per heavy atom. The molecule has 4 nitrogen and oxygen atoms in total. The van der Waals surface area contributed by atoms with Gasteiger partial charge in [-0.05, 0) is 49.7 Å². The van der Waals surface area contributed by atoms with Crippen LogP contribution < -0.4 is 10.6 Å². The fourth-order valence-corrected chi connectivity index (χ4v) is 4.59. The van der Waals surface area contributed by atoms with Crippen LogP contribution in [0.15, 0.2) is 24.3 Å². The Morgan fingerprint density at radius 3 is 2.70 bits per heavy atom. The predicted octanol–water partition coefficient (Wildman–Crippen LogP) is 3.91. The molecule has 4 atom stereocenters. The largest absolute Gasteiger partial charge is 0.417 e. The van der Waals surface area contributed by atoms with Gasteiger partial charge in [0.2, 0.25) is 5.91 Å². The number of hydrogen-bond acceptors (Lipinski definition) is 2. The maximum absolute atomic E-state index is 13.1. The number of benzene rings is 1. The van der Waals surface area contributed by atoms with Crippen LogP contribution in [0, 0.1) is 11.8 Å². The van der Waals surface area contributed by atoms with E-state index in [0.717, 1.165) is 31.7 Å². The van der Waals surface area contributed by atoms with Crippen LogP contribution in [0.2, 0.25) is 0 Å². The molecule has 3 rings (SSSR count). The highest BCUT2D eigenvalue weighted by Crippen LogP contribution is 2.38. The molecular weight excluding hydrogens is 357 g/mol. The Kier molecular flexibility index (Phi) is 5.77. The van der Waals surface area contributed by atoms with Crippen molar-refractivity contribution in [3.63, 3.8) is 0 Å². The summed E-state index contributed by atoms with van der Waals surface area (Å²) in [6, 6.07) is 4.57.